The molecule has 0 aliphatic heterocycles. The second-order valence-corrected chi connectivity index (χ2v) is 3.99. The molecular weight excluding hydrogens is 268 g/mol. The van der Waals surface area contributed by atoms with Crippen molar-refractivity contribution in [3.05, 3.63) is 24.3 Å². The van der Waals surface area contributed by atoms with Gasteiger partial charge in [-0.05, 0) is 12.1 Å². The summed E-state index contributed by atoms with van der Waals surface area (Å²) >= 11 is 0. The zero-order valence-electron chi connectivity index (χ0n) is 10.4. The lowest BCUT2D eigenvalue weighted by Crippen LogP contribution is -2.36. The van der Waals surface area contributed by atoms with Crippen LogP contribution in [0, 0.1) is 0 Å². The van der Waals surface area contributed by atoms with E-state index < -0.39 is 11.9 Å². The first-order valence-electron chi connectivity index (χ1n) is 5.63. The van der Waals surface area contributed by atoms with E-state index in [9.17, 15) is 9.59 Å². The minimum atomic E-state index is -1.09. The van der Waals surface area contributed by atoms with Crippen LogP contribution in [0.25, 0.3) is 11.6 Å². The molecule has 3 N–H and O–H groups in total. The van der Waals surface area contributed by atoms with E-state index in [0.29, 0.717) is 5.76 Å². The molecule has 0 saturated carbocycles. The lowest BCUT2D eigenvalue weighted by Gasteiger charge is -2.15. The Morgan fingerprint density at radius 2 is 2.20 bits per heavy atom. The van der Waals surface area contributed by atoms with Gasteiger partial charge in [-0.3, -0.25) is 14.5 Å². The second-order valence-electron chi connectivity index (χ2n) is 3.99. The molecule has 2 aromatic heterocycles. The molecule has 9 heteroatoms. The number of amides is 1. The average molecular weight is 280 g/mol. The van der Waals surface area contributed by atoms with Crippen molar-refractivity contribution in [2.45, 2.75) is 6.54 Å². The van der Waals surface area contributed by atoms with Crippen LogP contribution in [0.15, 0.2) is 27.3 Å². The second kappa shape index (κ2) is 5.97. The van der Waals surface area contributed by atoms with Crippen LogP contribution in [-0.4, -0.2) is 45.1 Å². The van der Waals surface area contributed by atoms with Gasteiger partial charge in [0.2, 0.25) is 17.6 Å². The van der Waals surface area contributed by atoms with Gasteiger partial charge in [-0.1, -0.05) is 5.16 Å². The molecule has 0 unspecified atom stereocenters. The number of nitrogens with two attached hydrogens (primary N) is 1. The predicted molar refractivity (Wildman–Crippen MR) is 64.1 cm³/mol. The maximum Gasteiger partial charge on any atom is 0.317 e. The first-order chi connectivity index (χ1) is 9.54. The molecule has 0 bridgehead atoms. The van der Waals surface area contributed by atoms with Crippen LogP contribution in [0.2, 0.25) is 0 Å². The van der Waals surface area contributed by atoms with Gasteiger partial charge in [0.15, 0.2) is 5.76 Å². The maximum atomic E-state index is 10.9. The van der Waals surface area contributed by atoms with Gasteiger partial charge in [0, 0.05) is 0 Å². The fourth-order valence-corrected chi connectivity index (χ4v) is 1.60. The molecule has 0 saturated heterocycles. The number of carbonyl (C=O) groups is 2. The molecule has 0 spiro atoms. The van der Waals surface area contributed by atoms with E-state index in [0.717, 1.165) is 0 Å². The van der Waals surface area contributed by atoms with Gasteiger partial charge >= 0.3 is 5.97 Å². The first kappa shape index (κ1) is 13.7. The number of rotatable bonds is 7. The van der Waals surface area contributed by atoms with E-state index in [-0.39, 0.29) is 31.3 Å². The predicted octanol–water partition coefficient (Wildman–Crippen LogP) is -0.298. The molecule has 0 radical (unpaired) electrons. The van der Waals surface area contributed by atoms with Crippen LogP contribution in [0.1, 0.15) is 5.89 Å². The Kier molecular flexibility index (Phi) is 4.11. The summed E-state index contributed by atoms with van der Waals surface area (Å²) in [5, 5.41) is 12.5. The standard InChI is InChI=1S/C11H12N4O5/c12-8(16)4-15(6-10(17)18)5-9-13-11(14-20-9)7-2-1-3-19-7/h1-3H,4-6H2,(H2,12,16)(H,17,18). The van der Waals surface area contributed by atoms with Crippen LogP contribution < -0.4 is 5.73 Å². The first-order valence-corrected chi connectivity index (χ1v) is 5.63. The van der Waals surface area contributed by atoms with Crippen molar-refractivity contribution >= 4 is 11.9 Å². The van der Waals surface area contributed by atoms with Crippen molar-refractivity contribution in [2.24, 2.45) is 5.73 Å². The Morgan fingerprint density at radius 1 is 1.40 bits per heavy atom. The number of nitrogens with zero attached hydrogens (tertiary/aromatic N) is 3. The van der Waals surface area contributed by atoms with Gasteiger partial charge in [-0.15, -0.1) is 0 Å². The molecule has 2 aromatic rings. The molecule has 0 aliphatic rings. The number of carboxylic acid groups (broad SMARTS) is 1. The quantitative estimate of drug-likeness (QED) is 0.705. The summed E-state index contributed by atoms with van der Waals surface area (Å²) < 4.78 is 10.1. The van der Waals surface area contributed by atoms with Crippen LogP contribution in [0.3, 0.4) is 0 Å². The fraction of sp³-hybridized carbons (Fsp3) is 0.273. The minimum Gasteiger partial charge on any atom is -0.480 e. The molecule has 9 nitrogen and oxygen atoms in total. The van der Waals surface area contributed by atoms with Crippen molar-refractivity contribution in [1.82, 2.24) is 15.0 Å². The van der Waals surface area contributed by atoms with Crippen molar-refractivity contribution in [1.29, 1.82) is 0 Å². The largest absolute Gasteiger partial charge is 0.480 e. The topological polar surface area (TPSA) is 136 Å². The van der Waals surface area contributed by atoms with Crippen molar-refractivity contribution < 1.29 is 23.6 Å². The van der Waals surface area contributed by atoms with Crippen molar-refractivity contribution in [2.75, 3.05) is 13.1 Å². The molecule has 2 heterocycles. The van der Waals surface area contributed by atoms with Crippen molar-refractivity contribution in [3.8, 4) is 11.6 Å². The highest BCUT2D eigenvalue weighted by Crippen LogP contribution is 2.16. The van der Waals surface area contributed by atoms with Crippen LogP contribution in [0.4, 0.5) is 0 Å². The van der Waals surface area contributed by atoms with Gasteiger partial charge in [0.1, 0.15) is 0 Å². The summed E-state index contributed by atoms with van der Waals surface area (Å²) in [4.78, 5) is 26.9. The third kappa shape index (κ3) is 3.65. The number of furan rings is 1. The highest BCUT2D eigenvalue weighted by atomic mass is 16.5. The Hall–Kier alpha value is -2.68. The monoisotopic (exact) mass is 280 g/mol. The summed E-state index contributed by atoms with van der Waals surface area (Å²) in [5.74, 6) is -0.882. The highest BCUT2D eigenvalue weighted by molar-refractivity contribution is 5.77. The molecule has 20 heavy (non-hydrogen) atoms. The van der Waals surface area contributed by atoms with Crippen LogP contribution in [0.5, 0.6) is 0 Å². The number of carboxylic acids is 1. The summed E-state index contributed by atoms with van der Waals surface area (Å²) in [6.45, 7) is -0.574. The SMILES string of the molecule is NC(=O)CN(CC(=O)O)Cc1nc(-c2ccco2)no1. The number of aliphatic carboxylic acids is 1. The van der Waals surface area contributed by atoms with Crippen LogP contribution >= 0.6 is 0 Å². The van der Waals surface area contributed by atoms with Crippen molar-refractivity contribution in [3.63, 3.8) is 0 Å². The van der Waals surface area contributed by atoms with Gasteiger partial charge in [0.25, 0.3) is 0 Å². The Labute approximate surface area is 113 Å². The lowest BCUT2D eigenvalue weighted by molar-refractivity contribution is -0.138. The zero-order chi connectivity index (χ0) is 14.5. The number of primary amides is 1. The molecule has 0 aromatic carbocycles. The maximum absolute atomic E-state index is 10.9. The van der Waals surface area contributed by atoms with E-state index in [2.05, 4.69) is 10.1 Å². The Morgan fingerprint density at radius 3 is 2.80 bits per heavy atom. The number of hydrogen-bond acceptors (Lipinski definition) is 7. The average Bonchev–Trinajstić information content (AvgIpc) is 2.95. The van der Waals surface area contributed by atoms with Crippen LogP contribution in [-0.2, 0) is 16.1 Å². The minimum absolute atomic E-state index is 0.00293. The normalized spacial score (nSPS) is 10.8. The summed E-state index contributed by atoms with van der Waals surface area (Å²) in [7, 11) is 0. The van der Waals surface area contributed by atoms with E-state index in [1.807, 2.05) is 0 Å². The Balaban J connectivity index is 2.06. The summed E-state index contributed by atoms with van der Waals surface area (Å²) in [5.41, 5.74) is 5.05. The summed E-state index contributed by atoms with van der Waals surface area (Å²) in [6.07, 6.45) is 1.47. The van der Waals surface area contributed by atoms with Gasteiger partial charge in [-0.2, -0.15) is 4.98 Å². The molecule has 106 valence electrons. The highest BCUT2D eigenvalue weighted by Gasteiger charge is 2.17. The number of aromatic nitrogens is 2. The molecule has 0 aliphatic carbocycles. The van der Waals surface area contributed by atoms with E-state index >= 15 is 0 Å². The molecule has 2 rings (SSSR count). The Bertz CT molecular complexity index is 576. The van der Waals surface area contributed by atoms with Gasteiger partial charge < -0.3 is 19.8 Å². The molecule has 0 fully saturated rings. The van der Waals surface area contributed by atoms with E-state index in [1.165, 1.54) is 11.2 Å². The molecule has 0 atom stereocenters. The third-order valence-electron chi connectivity index (χ3n) is 2.31. The lowest BCUT2D eigenvalue weighted by atomic mass is 10.4. The molecule has 1 amide bonds. The zero-order valence-corrected chi connectivity index (χ0v) is 10.4. The molecular formula is C11H12N4O5. The fourth-order valence-electron chi connectivity index (χ4n) is 1.60. The third-order valence-corrected chi connectivity index (χ3v) is 2.31. The van der Waals surface area contributed by atoms with Gasteiger partial charge in [0.05, 0.1) is 25.9 Å². The number of carbonyl (C=O) groups excluding carboxylic acids is 1. The number of hydrogen-bond donors (Lipinski definition) is 2. The summed E-state index contributed by atoms with van der Waals surface area (Å²) in [6, 6.07) is 3.34. The van der Waals surface area contributed by atoms with Gasteiger partial charge in [-0.25, -0.2) is 0 Å². The van der Waals surface area contributed by atoms with E-state index in [4.69, 9.17) is 19.8 Å². The smallest absolute Gasteiger partial charge is 0.317 e. The van der Waals surface area contributed by atoms with E-state index in [1.54, 1.807) is 12.1 Å².